The van der Waals surface area contributed by atoms with Crippen LogP contribution in [0.1, 0.15) is 16.8 Å². The Balaban J connectivity index is 2.37. The molecule has 0 radical (unpaired) electrons. The minimum Gasteiger partial charge on any atom is -0.478 e. The smallest absolute Gasteiger partial charge is 0.335 e. The van der Waals surface area contributed by atoms with Gasteiger partial charge in [-0.15, -0.1) is 11.8 Å². The second kappa shape index (κ2) is 7.35. The molecule has 0 aliphatic heterocycles. The number of carbonyl (C=O) groups is 2. The van der Waals surface area contributed by atoms with Crippen LogP contribution in [0.5, 0.6) is 0 Å². The number of nitrogens with zero attached hydrogens (tertiary/aromatic N) is 1. The summed E-state index contributed by atoms with van der Waals surface area (Å²) < 4.78 is 0. The van der Waals surface area contributed by atoms with Gasteiger partial charge in [0.25, 0.3) is 0 Å². The zero-order chi connectivity index (χ0) is 13.4. The first-order valence-electron chi connectivity index (χ1n) is 5.23. The van der Waals surface area contributed by atoms with Crippen LogP contribution < -0.4 is 5.32 Å². The highest BCUT2D eigenvalue weighted by atomic mass is 32.2. The van der Waals surface area contributed by atoms with Crippen molar-refractivity contribution in [2.45, 2.75) is 11.3 Å². The number of rotatable bonds is 6. The molecule has 5 nitrogen and oxygen atoms in total. The fourth-order valence-corrected chi connectivity index (χ4v) is 1.88. The number of benzene rings is 1. The number of hydrogen-bond donors (Lipinski definition) is 2. The lowest BCUT2D eigenvalue weighted by Gasteiger charge is -2.03. The summed E-state index contributed by atoms with van der Waals surface area (Å²) in [7, 11) is 0. The normalized spacial score (nSPS) is 9.50. The van der Waals surface area contributed by atoms with E-state index in [1.165, 1.54) is 23.9 Å². The van der Waals surface area contributed by atoms with E-state index in [-0.39, 0.29) is 17.2 Å². The van der Waals surface area contributed by atoms with Crippen molar-refractivity contribution in [3.05, 3.63) is 29.8 Å². The van der Waals surface area contributed by atoms with Crippen molar-refractivity contribution in [3.63, 3.8) is 0 Å². The molecule has 0 unspecified atom stereocenters. The number of aromatic carboxylic acids is 1. The summed E-state index contributed by atoms with van der Waals surface area (Å²) in [5.74, 6) is -0.865. The van der Waals surface area contributed by atoms with Gasteiger partial charge in [0.05, 0.1) is 23.8 Å². The topological polar surface area (TPSA) is 90.2 Å². The first-order chi connectivity index (χ1) is 8.63. The van der Waals surface area contributed by atoms with Gasteiger partial charge in [-0.25, -0.2) is 4.79 Å². The third-order valence-electron chi connectivity index (χ3n) is 2.03. The molecule has 0 spiro atoms. The number of carbonyl (C=O) groups excluding carboxylic acids is 1. The largest absolute Gasteiger partial charge is 0.478 e. The number of nitriles is 1. The summed E-state index contributed by atoms with van der Waals surface area (Å²) in [6.45, 7) is 0.355. The highest BCUT2D eigenvalue weighted by Gasteiger charge is 2.04. The predicted molar refractivity (Wildman–Crippen MR) is 67.4 cm³/mol. The van der Waals surface area contributed by atoms with E-state index < -0.39 is 5.97 Å². The van der Waals surface area contributed by atoms with E-state index in [9.17, 15) is 9.59 Å². The molecule has 6 heteroatoms. The molecule has 94 valence electrons. The van der Waals surface area contributed by atoms with Gasteiger partial charge in [-0.2, -0.15) is 5.26 Å². The van der Waals surface area contributed by atoms with Crippen molar-refractivity contribution >= 4 is 23.6 Å². The Morgan fingerprint density at radius 2 is 2.00 bits per heavy atom. The molecule has 0 aliphatic rings. The van der Waals surface area contributed by atoms with Crippen molar-refractivity contribution in [3.8, 4) is 6.07 Å². The molecule has 0 fully saturated rings. The molecular weight excluding hydrogens is 252 g/mol. The Hall–Kier alpha value is -2.00. The molecular formula is C12H12N2O3S. The van der Waals surface area contributed by atoms with Crippen LogP contribution in [0.4, 0.5) is 0 Å². The van der Waals surface area contributed by atoms with Gasteiger partial charge in [0.2, 0.25) is 5.91 Å². The van der Waals surface area contributed by atoms with Gasteiger partial charge in [0.1, 0.15) is 0 Å². The Morgan fingerprint density at radius 3 is 2.56 bits per heavy atom. The lowest BCUT2D eigenvalue weighted by atomic mass is 10.2. The van der Waals surface area contributed by atoms with Crippen molar-refractivity contribution in [1.29, 1.82) is 5.26 Å². The third-order valence-corrected chi connectivity index (χ3v) is 3.04. The van der Waals surface area contributed by atoms with Crippen LogP contribution in [-0.4, -0.2) is 29.3 Å². The van der Waals surface area contributed by atoms with Crippen LogP contribution in [-0.2, 0) is 4.79 Å². The van der Waals surface area contributed by atoms with Gasteiger partial charge in [0, 0.05) is 11.4 Å². The minimum atomic E-state index is -0.971. The second-order valence-corrected chi connectivity index (χ2v) is 4.43. The summed E-state index contributed by atoms with van der Waals surface area (Å²) in [6.07, 6.45) is 0.295. The molecule has 0 saturated heterocycles. The summed E-state index contributed by atoms with van der Waals surface area (Å²) in [4.78, 5) is 22.8. The van der Waals surface area contributed by atoms with E-state index in [2.05, 4.69) is 5.32 Å². The van der Waals surface area contributed by atoms with Crippen LogP contribution >= 0.6 is 11.8 Å². The van der Waals surface area contributed by atoms with Crippen molar-refractivity contribution < 1.29 is 14.7 Å². The van der Waals surface area contributed by atoms with Gasteiger partial charge < -0.3 is 10.4 Å². The number of nitrogens with one attached hydrogen (secondary N) is 1. The molecule has 2 N–H and O–H groups in total. The van der Waals surface area contributed by atoms with Gasteiger partial charge in [-0.3, -0.25) is 4.79 Å². The number of thioether (sulfide) groups is 1. The van der Waals surface area contributed by atoms with Crippen LogP contribution in [0.3, 0.4) is 0 Å². The molecule has 1 rings (SSSR count). The van der Waals surface area contributed by atoms with Gasteiger partial charge in [0.15, 0.2) is 0 Å². The zero-order valence-corrected chi connectivity index (χ0v) is 10.4. The summed E-state index contributed by atoms with van der Waals surface area (Å²) in [5, 5.41) is 19.6. The molecule has 0 atom stereocenters. The SMILES string of the molecule is N#CCCNC(=O)CSc1ccc(C(=O)O)cc1. The summed E-state index contributed by atoms with van der Waals surface area (Å²) >= 11 is 1.32. The number of hydrogen-bond acceptors (Lipinski definition) is 4. The highest BCUT2D eigenvalue weighted by Crippen LogP contribution is 2.18. The Kier molecular flexibility index (Phi) is 5.74. The van der Waals surface area contributed by atoms with E-state index in [0.717, 1.165) is 4.90 Å². The molecule has 0 heterocycles. The fraction of sp³-hybridized carbons (Fsp3) is 0.250. The zero-order valence-electron chi connectivity index (χ0n) is 9.55. The molecule has 18 heavy (non-hydrogen) atoms. The first kappa shape index (κ1) is 14.1. The van der Waals surface area contributed by atoms with Crippen molar-refractivity contribution in [1.82, 2.24) is 5.32 Å². The predicted octanol–water partition coefficient (Wildman–Crippen LogP) is 1.51. The van der Waals surface area contributed by atoms with Gasteiger partial charge >= 0.3 is 5.97 Å². The number of amides is 1. The van der Waals surface area contributed by atoms with Crippen molar-refractivity contribution in [2.75, 3.05) is 12.3 Å². The number of carboxylic acids is 1. The maximum atomic E-state index is 11.3. The fourth-order valence-electron chi connectivity index (χ4n) is 1.15. The van der Waals surface area contributed by atoms with E-state index in [4.69, 9.17) is 10.4 Å². The van der Waals surface area contributed by atoms with Crippen molar-refractivity contribution in [2.24, 2.45) is 0 Å². The summed E-state index contributed by atoms with van der Waals surface area (Å²) in [6, 6.07) is 8.26. The maximum absolute atomic E-state index is 11.3. The highest BCUT2D eigenvalue weighted by molar-refractivity contribution is 8.00. The van der Waals surface area contributed by atoms with E-state index >= 15 is 0 Å². The molecule has 1 amide bonds. The van der Waals surface area contributed by atoms with Crippen LogP contribution in [0.2, 0.25) is 0 Å². The Bertz CT molecular complexity index is 465. The molecule has 1 aromatic carbocycles. The second-order valence-electron chi connectivity index (χ2n) is 3.38. The average molecular weight is 264 g/mol. The minimum absolute atomic E-state index is 0.141. The summed E-state index contributed by atoms with van der Waals surface area (Å²) in [5.41, 5.74) is 0.220. The number of carboxylic acid groups (broad SMARTS) is 1. The Morgan fingerprint density at radius 1 is 1.33 bits per heavy atom. The van der Waals surface area contributed by atoms with Crippen LogP contribution in [0.25, 0.3) is 0 Å². The maximum Gasteiger partial charge on any atom is 0.335 e. The lowest BCUT2D eigenvalue weighted by Crippen LogP contribution is -2.25. The molecule has 0 saturated carbocycles. The average Bonchev–Trinajstić information content (AvgIpc) is 2.37. The van der Waals surface area contributed by atoms with Gasteiger partial charge in [-0.1, -0.05) is 0 Å². The Labute approximate surface area is 109 Å². The standard InChI is InChI=1S/C12H12N2O3S/c13-6-1-7-14-11(15)8-18-10-4-2-9(3-5-10)12(16)17/h2-5H,1,7-8H2,(H,14,15)(H,16,17). The third kappa shape index (κ3) is 4.89. The first-order valence-corrected chi connectivity index (χ1v) is 6.22. The lowest BCUT2D eigenvalue weighted by molar-refractivity contribution is -0.118. The van der Waals surface area contributed by atoms with E-state index in [1.807, 2.05) is 6.07 Å². The molecule has 0 bridgehead atoms. The molecule has 0 aliphatic carbocycles. The monoisotopic (exact) mass is 264 g/mol. The quantitative estimate of drug-likeness (QED) is 0.600. The van der Waals surface area contributed by atoms with Crippen LogP contribution in [0.15, 0.2) is 29.2 Å². The van der Waals surface area contributed by atoms with E-state index in [1.54, 1.807) is 12.1 Å². The molecule has 1 aromatic rings. The van der Waals surface area contributed by atoms with E-state index in [0.29, 0.717) is 13.0 Å². The van der Waals surface area contributed by atoms with Crippen LogP contribution in [0, 0.1) is 11.3 Å². The van der Waals surface area contributed by atoms with Gasteiger partial charge in [-0.05, 0) is 24.3 Å². The molecule has 0 aromatic heterocycles.